The lowest BCUT2D eigenvalue weighted by molar-refractivity contribution is -0.121. The molecule has 0 fully saturated rings. The van der Waals surface area contributed by atoms with Crippen molar-refractivity contribution >= 4 is 12.1 Å². The molecule has 0 saturated heterocycles. The van der Waals surface area contributed by atoms with Gasteiger partial charge in [-0.15, -0.1) is 0 Å². The highest BCUT2D eigenvalue weighted by molar-refractivity contribution is 5.82. The maximum Gasteiger partial charge on any atom is 0.261 e. The van der Waals surface area contributed by atoms with E-state index < -0.39 is 0 Å². The molecule has 0 aliphatic carbocycles. The molecule has 0 unspecified atom stereocenters. The van der Waals surface area contributed by atoms with Crippen LogP contribution in [-0.4, -0.2) is 26.9 Å². The monoisotopic (exact) mass is 257 g/mol. The van der Waals surface area contributed by atoms with E-state index >= 15 is 0 Å². The molecule has 6 nitrogen and oxygen atoms in total. The van der Waals surface area contributed by atoms with Gasteiger partial charge in [0.05, 0.1) is 11.9 Å². The first-order chi connectivity index (χ1) is 9.15. The third-order valence-corrected chi connectivity index (χ3v) is 2.51. The van der Waals surface area contributed by atoms with Crippen molar-refractivity contribution in [3.8, 4) is 0 Å². The summed E-state index contributed by atoms with van der Waals surface area (Å²) in [4.78, 5) is 15.6. The molecule has 2 heterocycles. The predicted molar refractivity (Wildman–Crippen MR) is 71.7 cm³/mol. The first-order valence-electron chi connectivity index (χ1n) is 5.88. The van der Waals surface area contributed by atoms with Crippen LogP contribution in [0.15, 0.2) is 35.7 Å². The van der Waals surface area contributed by atoms with Gasteiger partial charge >= 0.3 is 0 Å². The van der Waals surface area contributed by atoms with Crippen LogP contribution in [0.1, 0.15) is 17.0 Å². The molecular formula is C13H15N5O. The molecular weight excluding hydrogens is 242 g/mol. The predicted octanol–water partition coefficient (Wildman–Crippen LogP) is 1.05. The fourth-order valence-electron chi connectivity index (χ4n) is 1.63. The van der Waals surface area contributed by atoms with Gasteiger partial charge in [-0.25, -0.2) is 5.43 Å². The second-order valence-corrected chi connectivity index (χ2v) is 4.16. The smallest absolute Gasteiger partial charge is 0.261 e. The van der Waals surface area contributed by atoms with Crippen molar-refractivity contribution in [3.63, 3.8) is 0 Å². The number of hydrazone groups is 1. The van der Waals surface area contributed by atoms with Gasteiger partial charge in [0.15, 0.2) is 0 Å². The second-order valence-electron chi connectivity index (χ2n) is 4.16. The van der Waals surface area contributed by atoms with Gasteiger partial charge in [-0.1, -0.05) is 0 Å². The van der Waals surface area contributed by atoms with E-state index in [0.29, 0.717) is 0 Å². The Morgan fingerprint density at radius 2 is 2.16 bits per heavy atom. The quantitative estimate of drug-likeness (QED) is 0.657. The molecule has 2 aromatic rings. The number of carbonyl (C=O) groups excluding carboxylic acids is 1. The summed E-state index contributed by atoms with van der Waals surface area (Å²) >= 11 is 0. The lowest BCUT2D eigenvalue weighted by Crippen LogP contribution is -2.24. The minimum absolute atomic E-state index is 0.160. The number of nitrogens with zero attached hydrogens (tertiary/aromatic N) is 4. The minimum Gasteiger partial charge on any atom is -0.271 e. The van der Waals surface area contributed by atoms with Crippen molar-refractivity contribution in [2.75, 3.05) is 0 Å². The van der Waals surface area contributed by atoms with E-state index in [9.17, 15) is 4.79 Å². The van der Waals surface area contributed by atoms with Gasteiger partial charge in [0.1, 0.15) is 6.54 Å². The molecule has 2 rings (SSSR count). The zero-order chi connectivity index (χ0) is 13.7. The molecule has 0 bridgehead atoms. The number of hydrogen-bond acceptors (Lipinski definition) is 4. The summed E-state index contributed by atoms with van der Waals surface area (Å²) in [6, 6.07) is 5.53. The molecule has 0 spiro atoms. The zero-order valence-electron chi connectivity index (χ0n) is 10.9. The Kier molecular flexibility index (Phi) is 4.02. The number of rotatable bonds is 4. The van der Waals surface area contributed by atoms with E-state index in [0.717, 1.165) is 17.0 Å². The Morgan fingerprint density at radius 3 is 2.79 bits per heavy atom. The molecule has 0 atom stereocenters. The number of hydrogen-bond donors (Lipinski definition) is 1. The van der Waals surface area contributed by atoms with Crippen molar-refractivity contribution < 1.29 is 4.79 Å². The van der Waals surface area contributed by atoms with Crippen LogP contribution in [0, 0.1) is 13.8 Å². The van der Waals surface area contributed by atoms with Crippen LogP contribution in [-0.2, 0) is 11.3 Å². The van der Waals surface area contributed by atoms with Gasteiger partial charge in [-0.05, 0) is 37.6 Å². The molecule has 1 amide bonds. The van der Waals surface area contributed by atoms with Crippen LogP contribution in [0.3, 0.4) is 0 Å². The average molecular weight is 257 g/mol. The summed E-state index contributed by atoms with van der Waals surface area (Å²) in [6.45, 7) is 3.96. The molecule has 0 saturated carbocycles. The minimum atomic E-state index is -0.212. The van der Waals surface area contributed by atoms with Crippen LogP contribution in [0.4, 0.5) is 0 Å². The standard InChI is InChI=1S/C13H15N5O/c1-10-7-11(2)18(17-10)9-13(19)16-15-8-12-3-5-14-6-4-12/h3-8H,9H2,1-2H3,(H,16,19). The molecule has 1 N–H and O–H groups in total. The lowest BCUT2D eigenvalue weighted by Gasteiger charge is -2.02. The number of aryl methyl sites for hydroxylation is 2. The Balaban J connectivity index is 1.88. The Labute approximate surface area is 111 Å². The topological polar surface area (TPSA) is 72.2 Å². The molecule has 0 aromatic carbocycles. The van der Waals surface area contributed by atoms with Gasteiger partial charge in [0, 0.05) is 18.1 Å². The molecule has 6 heteroatoms. The highest BCUT2D eigenvalue weighted by Gasteiger charge is 2.05. The number of amides is 1. The first kappa shape index (κ1) is 12.9. The van der Waals surface area contributed by atoms with Crippen LogP contribution < -0.4 is 5.43 Å². The highest BCUT2D eigenvalue weighted by Crippen LogP contribution is 2.00. The van der Waals surface area contributed by atoms with Gasteiger partial charge in [0.25, 0.3) is 5.91 Å². The molecule has 0 aliphatic heterocycles. The maximum absolute atomic E-state index is 11.7. The van der Waals surface area contributed by atoms with Crippen LogP contribution in [0.2, 0.25) is 0 Å². The zero-order valence-corrected chi connectivity index (χ0v) is 10.9. The summed E-state index contributed by atoms with van der Waals surface area (Å²) in [5.74, 6) is -0.212. The van der Waals surface area contributed by atoms with E-state index in [4.69, 9.17) is 0 Å². The summed E-state index contributed by atoms with van der Waals surface area (Å²) in [5, 5.41) is 8.09. The third kappa shape index (κ3) is 3.74. The van der Waals surface area contributed by atoms with Gasteiger partial charge < -0.3 is 0 Å². The number of pyridine rings is 1. The molecule has 2 aromatic heterocycles. The number of nitrogens with one attached hydrogen (secondary N) is 1. The normalized spacial score (nSPS) is 10.8. The van der Waals surface area contributed by atoms with Gasteiger partial charge in [-0.2, -0.15) is 10.2 Å². The maximum atomic E-state index is 11.7. The van der Waals surface area contributed by atoms with E-state index in [2.05, 4.69) is 20.6 Å². The lowest BCUT2D eigenvalue weighted by atomic mass is 10.3. The van der Waals surface area contributed by atoms with E-state index in [1.165, 1.54) is 0 Å². The van der Waals surface area contributed by atoms with E-state index in [1.807, 2.05) is 19.9 Å². The van der Waals surface area contributed by atoms with Crippen molar-refractivity contribution in [1.82, 2.24) is 20.2 Å². The average Bonchev–Trinajstić information content (AvgIpc) is 2.69. The Hall–Kier alpha value is -2.50. The van der Waals surface area contributed by atoms with Crippen LogP contribution in [0.25, 0.3) is 0 Å². The van der Waals surface area contributed by atoms with E-state index in [-0.39, 0.29) is 12.5 Å². The summed E-state index contributed by atoms with van der Waals surface area (Å²) in [7, 11) is 0. The molecule has 98 valence electrons. The fourth-order valence-corrected chi connectivity index (χ4v) is 1.63. The second kappa shape index (κ2) is 5.90. The molecule has 0 aliphatic rings. The van der Waals surface area contributed by atoms with Crippen molar-refractivity contribution in [2.45, 2.75) is 20.4 Å². The third-order valence-electron chi connectivity index (χ3n) is 2.51. The summed E-state index contributed by atoms with van der Waals surface area (Å²) < 4.78 is 1.65. The van der Waals surface area contributed by atoms with Crippen LogP contribution in [0.5, 0.6) is 0 Å². The first-order valence-corrected chi connectivity index (χ1v) is 5.88. The van der Waals surface area contributed by atoms with Crippen molar-refractivity contribution in [1.29, 1.82) is 0 Å². The highest BCUT2D eigenvalue weighted by atomic mass is 16.2. The fraction of sp³-hybridized carbons (Fsp3) is 0.231. The van der Waals surface area contributed by atoms with Gasteiger partial charge in [-0.3, -0.25) is 14.5 Å². The molecule has 19 heavy (non-hydrogen) atoms. The van der Waals surface area contributed by atoms with E-state index in [1.54, 1.807) is 35.4 Å². The Bertz CT molecular complexity index is 588. The SMILES string of the molecule is Cc1cc(C)n(CC(=O)NN=Cc2ccncc2)n1. The number of carbonyl (C=O) groups is 1. The largest absolute Gasteiger partial charge is 0.271 e. The summed E-state index contributed by atoms with van der Waals surface area (Å²) in [6.07, 6.45) is 4.90. The Morgan fingerprint density at radius 1 is 1.42 bits per heavy atom. The summed E-state index contributed by atoms with van der Waals surface area (Å²) in [5.41, 5.74) is 5.19. The van der Waals surface area contributed by atoms with Crippen molar-refractivity contribution in [3.05, 3.63) is 47.5 Å². The van der Waals surface area contributed by atoms with Crippen molar-refractivity contribution in [2.24, 2.45) is 5.10 Å². The van der Waals surface area contributed by atoms with Gasteiger partial charge in [0.2, 0.25) is 0 Å². The number of aromatic nitrogens is 3. The van der Waals surface area contributed by atoms with Crippen LogP contribution >= 0.6 is 0 Å². The molecule has 0 radical (unpaired) electrons.